The predicted molar refractivity (Wildman–Crippen MR) is 88.8 cm³/mol. The fourth-order valence-electron chi connectivity index (χ4n) is 3.03. The number of likely N-dealkylation sites (tertiary alicyclic amines) is 1. The molecule has 22 heavy (non-hydrogen) atoms. The van der Waals surface area contributed by atoms with E-state index in [-0.39, 0.29) is 0 Å². The van der Waals surface area contributed by atoms with Gasteiger partial charge in [0, 0.05) is 0 Å². The molecule has 0 saturated carbocycles. The molecule has 2 aromatic rings. The molecule has 1 aromatic heterocycles. The highest BCUT2D eigenvalue weighted by molar-refractivity contribution is 7.71. The number of benzene rings is 1. The van der Waals surface area contributed by atoms with Crippen molar-refractivity contribution in [3.8, 4) is 5.69 Å². The van der Waals surface area contributed by atoms with Crippen LogP contribution in [0, 0.1) is 24.5 Å². The Bertz CT molecular complexity index is 710. The summed E-state index contributed by atoms with van der Waals surface area (Å²) in [6, 6.07) is 6.19. The highest BCUT2D eigenvalue weighted by Gasteiger charge is 2.20. The first kappa shape index (κ1) is 15.4. The summed E-state index contributed by atoms with van der Waals surface area (Å²) in [5.74, 6) is 0.849. The van der Waals surface area contributed by atoms with Crippen LogP contribution < -0.4 is 4.90 Å². The second kappa shape index (κ2) is 6.30. The van der Waals surface area contributed by atoms with E-state index >= 15 is 0 Å². The smallest absolute Gasteiger partial charge is 0.225 e. The molecule has 1 aliphatic rings. The molecular weight excluding hydrogens is 294 g/mol. The van der Waals surface area contributed by atoms with Gasteiger partial charge in [-0.05, 0) is 72.4 Å². The topological polar surface area (TPSA) is 40.1 Å². The molecule has 0 aliphatic carbocycles. The standard InChI is InChI=1S/C16H23N5S/c1-12-7-9-19(10-8-12)11-20-16(22)21(18-17-20)15-6-4-5-13(2)14(15)3/h4-6,12H,7-11H2,1-3H3/p+1. The van der Waals surface area contributed by atoms with Crippen LogP contribution in [0.5, 0.6) is 0 Å². The van der Waals surface area contributed by atoms with Gasteiger partial charge in [-0.3, -0.25) is 0 Å². The van der Waals surface area contributed by atoms with Gasteiger partial charge in [-0.25, -0.2) is 0 Å². The number of aryl methyl sites for hydroxylation is 1. The van der Waals surface area contributed by atoms with Gasteiger partial charge in [0.25, 0.3) is 0 Å². The molecular formula is C16H24N5S+. The molecule has 1 N–H and O–H groups in total. The largest absolute Gasteiger partial charge is 0.316 e. The number of hydrogen-bond donors (Lipinski definition) is 1. The zero-order chi connectivity index (χ0) is 15.7. The lowest BCUT2D eigenvalue weighted by molar-refractivity contribution is -0.929. The fraction of sp³-hybridized carbons (Fsp3) is 0.562. The Hall–Kier alpha value is -1.53. The molecule has 118 valence electrons. The maximum Gasteiger partial charge on any atom is 0.225 e. The maximum atomic E-state index is 5.59. The van der Waals surface area contributed by atoms with Crippen molar-refractivity contribution in [1.82, 2.24) is 19.8 Å². The van der Waals surface area contributed by atoms with Gasteiger partial charge in [0.15, 0.2) is 6.67 Å². The Labute approximate surface area is 136 Å². The Morgan fingerprint density at radius 3 is 2.68 bits per heavy atom. The molecule has 2 heterocycles. The zero-order valence-corrected chi connectivity index (χ0v) is 14.4. The third-order valence-corrected chi connectivity index (χ3v) is 5.18. The number of nitrogens with zero attached hydrogens (tertiary/aromatic N) is 4. The van der Waals surface area contributed by atoms with Crippen molar-refractivity contribution in [3.63, 3.8) is 0 Å². The Balaban J connectivity index is 1.83. The summed E-state index contributed by atoms with van der Waals surface area (Å²) in [6.45, 7) is 9.74. The molecule has 5 nitrogen and oxygen atoms in total. The van der Waals surface area contributed by atoms with Crippen LogP contribution >= 0.6 is 12.2 Å². The first-order valence-electron chi connectivity index (χ1n) is 7.99. The maximum absolute atomic E-state index is 5.59. The normalized spacial score (nSPS) is 22.0. The van der Waals surface area contributed by atoms with Crippen molar-refractivity contribution >= 4 is 12.2 Å². The lowest BCUT2D eigenvalue weighted by Crippen LogP contribution is -3.12. The van der Waals surface area contributed by atoms with Crippen molar-refractivity contribution < 1.29 is 4.90 Å². The Morgan fingerprint density at radius 1 is 1.23 bits per heavy atom. The third kappa shape index (κ3) is 2.98. The third-order valence-electron chi connectivity index (χ3n) is 4.80. The van der Waals surface area contributed by atoms with E-state index < -0.39 is 0 Å². The average Bonchev–Trinajstić information content (AvgIpc) is 2.86. The molecule has 0 atom stereocenters. The zero-order valence-electron chi connectivity index (χ0n) is 13.5. The summed E-state index contributed by atoms with van der Waals surface area (Å²) < 4.78 is 4.33. The van der Waals surface area contributed by atoms with E-state index in [1.807, 2.05) is 16.8 Å². The number of hydrogen-bond acceptors (Lipinski definition) is 3. The lowest BCUT2D eigenvalue weighted by atomic mass is 10.00. The Kier molecular flexibility index (Phi) is 4.40. The summed E-state index contributed by atoms with van der Waals surface area (Å²) in [6.07, 6.45) is 2.57. The van der Waals surface area contributed by atoms with Gasteiger partial charge in [-0.2, -0.15) is 9.36 Å². The average molecular weight is 318 g/mol. The van der Waals surface area contributed by atoms with Crippen molar-refractivity contribution in [2.45, 2.75) is 40.3 Å². The van der Waals surface area contributed by atoms with Crippen LogP contribution in [0.4, 0.5) is 0 Å². The van der Waals surface area contributed by atoms with Gasteiger partial charge in [-0.1, -0.05) is 19.1 Å². The van der Waals surface area contributed by atoms with Crippen LogP contribution in [0.2, 0.25) is 0 Å². The van der Waals surface area contributed by atoms with Gasteiger partial charge in [-0.15, -0.1) is 0 Å². The molecule has 0 bridgehead atoms. The predicted octanol–water partition coefficient (Wildman–Crippen LogP) is 1.69. The lowest BCUT2D eigenvalue weighted by Gasteiger charge is -2.26. The first-order valence-corrected chi connectivity index (χ1v) is 8.40. The van der Waals surface area contributed by atoms with Gasteiger partial charge in [0.05, 0.1) is 18.8 Å². The molecule has 1 saturated heterocycles. The summed E-state index contributed by atoms with van der Waals surface area (Å²) in [5, 5.41) is 8.56. The minimum absolute atomic E-state index is 0.680. The van der Waals surface area contributed by atoms with E-state index in [2.05, 4.69) is 37.3 Å². The van der Waals surface area contributed by atoms with E-state index in [0.717, 1.165) is 18.3 Å². The molecule has 0 amide bonds. The quantitative estimate of drug-likeness (QED) is 0.876. The number of piperidine rings is 1. The van der Waals surface area contributed by atoms with E-state index in [9.17, 15) is 0 Å². The Morgan fingerprint density at radius 2 is 1.95 bits per heavy atom. The van der Waals surface area contributed by atoms with E-state index in [1.54, 1.807) is 9.58 Å². The van der Waals surface area contributed by atoms with Crippen LogP contribution in [0.15, 0.2) is 18.2 Å². The van der Waals surface area contributed by atoms with Gasteiger partial charge >= 0.3 is 0 Å². The van der Waals surface area contributed by atoms with Gasteiger partial charge in [0.2, 0.25) is 4.77 Å². The molecule has 1 aliphatic heterocycles. The van der Waals surface area contributed by atoms with Crippen molar-refractivity contribution in [1.29, 1.82) is 0 Å². The fourth-order valence-corrected chi connectivity index (χ4v) is 3.27. The first-order chi connectivity index (χ1) is 10.6. The summed E-state index contributed by atoms with van der Waals surface area (Å²) >= 11 is 5.59. The van der Waals surface area contributed by atoms with Gasteiger partial charge < -0.3 is 4.90 Å². The molecule has 3 rings (SSSR count). The number of quaternary nitrogens is 1. The summed E-state index contributed by atoms with van der Waals surface area (Å²) in [4.78, 5) is 1.54. The van der Waals surface area contributed by atoms with Crippen LogP contribution in [0.3, 0.4) is 0 Å². The van der Waals surface area contributed by atoms with E-state index in [1.165, 1.54) is 37.1 Å². The molecule has 0 spiro atoms. The number of nitrogens with one attached hydrogen (secondary N) is 1. The van der Waals surface area contributed by atoms with Crippen molar-refractivity contribution in [3.05, 3.63) is 34.1 Å². The minimum Gasteiger partial charge on any atom is -0.316 e. The van der Waals surface area contributed by atoms with E-state index in [4.69, 9.17) is 12.2 Å². The van der Waals surface area contributed by atoms with Crippen LogP contribution in [0.1, 0.15) is 30.9 Å². The highest BCUT2D eigenvalue weighted by atomic mass is 32.1. The monoisotopic (exact) mass is 318 g/mol. The second-order valence-electron chi connectivity index (χ2n) is 6.48. The SMILES string of the molecule is Cc1cccc(-n2nnn(C[NH+]3CCC(C)CC3)c2=S)c1C. The molecule has 1 aromatic carbocycles. The number of rotatable bonds is 3. The summed E-state index contributed by atoms with van der Waals surface area (Å²) in [5.41, 5.74) is 3.47. The molecule has 6 heteroatoms. The van der Waals surface area contributed by atoms with Gasteiger partial charge in [0.1, 0.15) is 0 Å². The number of aromatic nitrogens is 4. The van der Waals surface area contributed by atoms with Crippen LogP contribution in [-0.2, 0) is 6.67 Å². The second-order valence-corrected chi connectivity index (χ2v) is 6.85. The van der Waals surface area contributed by atoms with Crippen LogP contribution in [-0.4, -0.2) is 32.9 Å². The highest BCUT2D eigenvalue weighted by Crippen LogP contribution is 2.16. The molecule has 0 radical (unpaired) electrons. The van der Waals surface area contributed by atoms with Crippen LogP contribution in [0.25, 0.3) is 5.69 Å². The number of tetrazole rings is 1. The molecule has 1 fully saturated rings. The van der Waals surface area contributed by atoms with Crippen molar-refractivity contribution in [2.75, 3.05) is 13.1 Å². The van der Waals surface area contributed by atoms with Crippen molar-refractivity contribution in [2.24, 2.45) is 5.92 Å². The minimum atomic E-state index is 0.680. The molecule has 0 unspecified atom stereocenters. The summed E-state index contributed by atoms with van der Waals surface area (Å²) in [7, 11) is 0. The van der Waals surface area contributed by atoms with E-state index in [0.29, 0.717) is 4.77 Å².